The van der Waals surface area contributed by atoms with Crippen LogP contribution in [0.3, 0.4) is 0 Å². The summed E-state index contributed by atoms with van der Waals surface area (Å²) in [4.78, 5) is 4.02. The van der Waals surface area contributed by atoms with Crippen LogP contribution in [0.2, 0.25) is 10.0 Å². The van der Waals surface area contributed by atoms with Crippen molar-refractivity contribution in [1.82, 2.24) is 4.98 Å². The Bertz CT molecular complexity index is 619. The molecule has 2 aromatic rings. The standard InChI is InChI=1S/C16H17Cl2NO2/c1-10(14-6-5-13(17)8-15(14)18)16(21,11(2)20)12-4-3-7-19-9-12/h3-11,20-21H,1-2H3. The Morgan fingerprint density at radius 2 is 1.90 bits per heavy atom. The molecule has 0 amide bonds. The molecule has 1 heterocycles. The first-order valence-corrected chi connectivity index (χ1v) is 7.38. The second-order valence-electron chi connectivity index (χ2n) is 5.13. The molecule has 5 heteroatoms. The SMILES string of the molecule is CC(O)C(O)(c1cccnc1)C(C)c1ccc(Cl)cc1Cl. The Balaban J connectivity index is 2.52. The van der Waals surface area contributed by atoms with Gasteiger partial charge in [-0.2, -0.15) is 0 Å². The monoisotopic (exact) mass is 325 g/mol. The van der Waals surface area contributed by atoms with Gasteiger partial charge in [0.2, 0.25) is 0 Å². The Morgan fingerprint density at radius 3 is 2.43 bits per heavy atom. The second-order valence-corrected chi connectivity index (χ2v) is 5.97. The summed E-state index contributed by atoms with van der Waals surface area (Å²) in [6.45, 7) is 3.36. The van der Waals surface area contributed by atoms with Gasteiger partial charge in [-0.15, -0.1) is 0 Å². The molecule has 0 saturated heterocycles. The number of halogens is 2. The highest BCUT2D eigenvalue weighted by Crippen LogP contribution is 2.42. The van der Waals surface area contributed by atoms with Gasteiger partial charge in [-0.05, 0) is 30.7 Å². The van der Waals surface area contributed by atoms with E-state index in [1.54, 1.807) is 49.6 Å². The van der Waals surface area contributed by atoms with Gasteiger partial charge >= 0.3 is 0 Å². The first kappa shape index (κ1) is 16.2. The summed E-state index contributed by atoms with van der Waals surface area (Å²) >= 11 is 12.1. The maximum Gasteiger partial charge on any atom is 0.123 e. The fraction of sp³-hybridized carbons (Fsp3) is 0.312. The van der Waals surface area contributed by atoms with Crippen molar-refractivity contribution in [3.63, 3.8) is 0 Å². The van der Waals surface area contributed by atoms with Gasteiger partial charge in [0, 0.05) is 33.9 Å². The van der Waals surface area contributed by atoms with Crippen molar-refractivity contribution in [2.24, 2.45) is 0 Å². The van der Waals surface area contributed by atoms with Crippen LogP contribution in [0, 0.1) is 0 Å². The molecule has 2 rings (SSSR count). The lowest BCUT2D eigenvalue weighted by atomic mass is 9.75. The lowest BCUT2D eigenvalue weighted by molar-refractivity contribution is -0.0880. The topological polar surface area (TPSA) is 53.4 Å². The third kappa shape index (κ3) is 3.06. The van der Waals surface area contributed by atoms with Crippen LogP contribution in [0.4, 0.5) is 0 Å². The van der Waals surface area contributed by atoms with Crippen LogP contribution in [0.15, 0.2) is 42.7 Å². The zero-order chi connectivity index (χ0) is 15.6. The van der Waals surface area contributed by atoms with E-state index >= 15 is 0 Å². The van der Waals surface area contributed by atoms with Gasteiger partial charge in [0.1, 0.15) is 5.60 Å². The van der Waals surface area contributed by atoms with E-state index in [0.717, 1.165) is 0 Å². The van der Waals surface area contributed by atoms with Crippen LogP contribution in [0.25, 0.3) is 0 Å². The molecule has 0 radical (unpaired) electrons. The number of pyridine rings is 1. The van der Waals surface area contributed by atoms with Crippen LogP contribution in [-0.2, 0) is 5.60 Å². The first-order valence-electron chi connectivity index (χ1n) is 6.63. The molecule has 0 aliphatic rings. The number of hydrogen-bond acceptors (Lipinski definition) is 3. The van der Waals surface area contributed by atoms with Crippen LogP contribution < -0.4 is 0 Å². The van der Waals surface area contributed by atoms with E-state index in [-0.39, 0.29) is 0 Å². The average molecular weight is 326 g/mol. The molecule has 3 nitrogen and oxygen atoms in total. The van der Waals surface area contributed by atoms with Gasteiger partial charge in [0.25, 0.3) is 0 Å². The Labute approximate surface area is 134 Å². The van der Waals surface area contributed by atoms with Crippen LogP contribution in [0.5, 0.6) is 0 Å². The molecule has 1 aromatic heterocycles. The van der Waals surface area contributed by atoms with Crippen molar-refractivity contribution in [3.05, 3.63) is 63.9 Å². The highest BCUT2D eigenvalue weighted by molar-refractivity contribution is 6.35. The molecule has 112 valence electrons. The molecular formula is C16H17Cl2NO2. The number of aromatic nitrogens is 1. The summed E-state index contributed by atoms with van der Waals surface area (Å²) < 4.78 is 0. The summed E-state index contributed by atoms with van der Waals surface area (Å²) in [5.41, 5.74) is -0.238. The van der Waals surface area contributed by atoms with Crippen LogP contribution in [-0.4, -0.2) is 21.3 Å². The maximum atomic E-state index is 11.1. The zero-order valence-corrected chi connectivity index (χ0v) is 13.3. The minimum absolute atomic E-state index is 0.438. The Kier molecular flexibility index (Phi) is 4.89. The minimum Gasteiger partial charge on any atom is -0.390 e. The molecular weight excluding hydrogens is 309 g/mol. The number of rotatable bonds is 4. The number of aliphatic hydroxyl groups excluding tert-OH is 1. The molecule has 1 aromatic carbocycles. The molecule has 0 fully saturated rings. The van der Waals surface area contributed by atoms with Gasteiger partial charge in [0.05, 0.1) is 6.10 Å². The van der Waals surface area contributed by atoms with Gasteiger partial charge in [-0.3, -0.25) is 4.98 Å². The van der Waals surface area contributed by atoms with Crippen molar-refractivity contribution in [1.29, 1.82) is 0 Å². The number of benzene rings is 1. The van der Waals surface area contributed by atoms with Crippen molar-refractivity contribution in [3.8, 4) is 0 Å². The van der Waals surface area contributed by atoms with Crippen LogP contribution >= 0.6 is 23.2 Å². The third-order valence-electron chi connectivity index (χ3n) is 3.85. The van der Waals surface area contributed by atoms with Gasteiger partial charge in [-0.25, -0.2) is 0 Å². The second kappa shape index (κ2) is 6.32. The van der Waals surface area contributed by atoms with Crippen molar-refractivity contribution in [2.75, 3.05) is 0 Å². The maximum absolute atomic E-state index is 11.1. The zero-order valence-electron chi connectivity index (χ0n) is 11.8. The average Bonchev–Trinajstić information content (AvgIpc) is 2.46. The quantitative estimate of drug-likeness (QED) is 0.899. The molecule has 0 aliphatic heterocycles. The smallest absolute Gasteiger partial charge is 0.123 e. The van der Waals surface area contributed by atoms with Crippen molar-refractivity contribution in [2.45, 2.75) is 31.5 Å². The molecule has 0 spiro atoms. The van der Waals surface area contributed by atoms with Gasteiger partial charge in [0.15, 0.2) is 0 Å². The van der Waals surface area contributed by atoms with E-state index in [2.05, 4.69) is 4.98 Å². The van der Waals surface area contributed by atoms with Crippen molar-refractivity contribution < 1.29 is 10.2 Å². The molecule has 2 N–H and O–H groups in total. The summed E-state index contributed by atoms with van der Waals surface area (Å²) in [6.07, 6.45) is 2.17. The fourth-order valence-corrected chi connectivity index (χ4v) is 3.11. The predicted molar refractivity (Wildman–Crippen MR) is 84.7 cm³/mol. The summed E-state index contributed by atoms with van der Waals surface area (Å²) in [5.74, 6) is -0.438. The highest BCUT2D eigenvalue weighted by Gasteiger charge is 2.42. The largest absolute Gasteiger partial charge is 0.390 e. The Morgan fingerprint density at radius 1 is 1.19 bits per heavy atom. The molecule has 0 saturated carbocycles. The minimum atomic E-state index is -1.49. The molecule has 21 heavy (non-hydrogen) atoms. The van der Waals surface area contributed by atoms with E-state index in [9.17, 15) is 10.2 Å². The van der Waals surface area contributed by atoms with E-state index < -0.39 is 17.6 Å². The lowest BCUT2D eigenvalue weighted by Gasteiger charge is -2.37. The number of aliphatic hydroxyl groups is 2. The fourth-order valence-electron chi connectivity index (χ4n) is 2.54. The van der Waals surface area contributed by atoms with Gasteiger partial charge < -0.3 is 10.2 Å². The predicted octanol–water partition coefficient (Wildman–Crippen LogP) is 3.76. The van der Waals surface area contributed by atoms with E-state index in [1.807, 2.05) is 6.92 Å². The van der Waals surface area contributed by atoms with Gasteiger partial charge in [-0.1, -0.05) is 42.3 Å². The first-order chi connectivity index (χ1) is 9.87. The summed E-state index contributed by atoms with van der Waals surface area (Å²) in [6, 6.07) is 8.56. The lowest BCUT2D eigenvalue weighted by Crippen LogP contribution is -2.42. The van der Waals surface area contributed by atoms with E-state index in [1.165, 1.54) is 0 Å². The molecule has 0 bridgehead atoms. The summed E-state index contributed by atoms with van der Waals surface area (Å²) in [7, 11) is 0. The Hall–Kier alpha value is -1.13. The molecule has 3 unspecified atom stereocenters. The normalized spacial score (nSPS) is 17.0. The molecule has 0 aliphatic carbocycles. The summed E-state index contributed by atoms with van der Waals surface area (Å²) in [5, 5.41) is 22.2. The van der Waals surface area contributed by atoms with E-state index in [4.69, 9.17) is 23.2 Å². The van der Waals surface area contributed by atoms with Crippen LogP contribution in [0.1, 0.15) is 30.9 Å². The number of nitrogens with zero attached hydrogens (tertiary/aromatic N) is 1. The van der Waals surface area contributed by atoms with E-state index in [0.29, 0.717) is 21.2 Å². The number of hydrogen-bond donors (Lipinski definition) is 2. The van der Waals surface area contributed by atoms with Crippen molar-refractivity contribution >= 4 is 23.2 Å². The highest BCUT2D eigenvalue weighted by atomic mass is 35.5. The third-order valence-corrected chi connectivity index (χ3v) is 4.41. The molecule has 3 atom stereocenters.